The van der Waals surface area contributed by atoms with Crippen molar-refractivity contribution in [1.29, 1.82) is 0 Å². The summed E-state index contributed by atoms with van der Waals surface area (Å²) in [6.07, 6.45) is 1.89. The van der Waals surface area contributed by atoms with Gasteiger partial charge in [0, 0.05) is 24.1 Å². The molecule has 0 saturated carbocycles. The fraction of sp³-hybridized carbons (Fsp3) is 0.231. The Morgan fingerprint density at radius 2 is 2.25 bits per heavy atom. The summed E-state index contributed by atoms with van der Waals surface area (Å²) in [7, 11) is 0. The van der Waals surface area contributed by atoms with Crippen LogP contribution < -0.4 is 0 Å². The Balaban J connectivity index is 2.13. The molecule has 1 aromatic heterocycles. The van der Waals surface area contributed by atoms with Crippen molar-refractivity contribution in [2.75, 3.05) is 6.61 Å². The normalized spacial score (nSPS) is 20.5. The van der Waals surface area contributed by atoms with E-state index in [1.54, 1.807) is 6.20 Å². The van der Waals surface area contributed by atoms with Gasteiger partial charge in [-0.05, 0) is 5.39 Å². The van der Waals surface area contributed by atoms with Gasteiger partial charge in [-0.2, -0.15) is 0 Å². The standard InChI is InChI=1S/C13H10NO2/c15-10-7-12(16-8-10)13-11-4-2-1-3-9(11)5-6-14-13/h1-4,6,12H,7-8H2. The quantitative estimate of drug-likeness (QED) is 0.726. The van der Waals surface area contributed by atoms with E-state index in [0.29, 0.717) is 6.42 Å². The van der Waals surface area contributed by atoms with Gasteiger partial charge in [-0.15, -0.1) is 0 Å². The second-order valence-electron chi connectivity index (χ2n) is 3.88. The van der Waals surface area contributed by atoms with E-state index in [-0.39, 0.29) is 18.5 Å². The predicted molar refractivity (Wildman–Crippen MR) is 58.9 cm³/mol. The average Bonchev–Trinajstić information content (AvgIpc) is 2.75. The molecule has 1 fully saturated rings. The fourth-order valence-corrected chi connectivity index (χ4v) is 2.02. The van der Waals surface area contributed by atoms with E-state index in [9.17, 15) is 4.79 Å². The fourth-order valence-electron chi connectivity index (χ4n) is 2.02. The molecule has 1 atom stereocenters. The van der Waals surface area contributed by atoms with Gasteiger partial charge < -0.3 is 4.74 Å². The highest BCUT2D eigenvalue weighted by atomic mass is 16.5. The zero-order valence-corrected chi connectivity index (χ0v) is 8.64. The Morgan fingerprint density at radius 3 is 3.06 bits per heavy atom. The van der Waals surface area contributed by atoms with Crippen LogP contribution in [0.1, 0.15) is 18.2 Å². The maximum atomic E-state index is 11.2. The van der Waals surface area contributed by atoms with Crippen LogP contribution in [0.25, 0.3) is 10.8 Å². The van der Waals surface area contributed by atoms with Crippen LogP contribution in [-0.4, -0.2) is 17.4 Å². The summed E-state index contributed by atoms with van der Waals surface area (Å²) in [5, 5.41) is 2.03. The van der Waals surface area contributed by atoms with Crippen LogP contribution in [0.15, 0.2) is 30.5 Å². The van der Waals surface area contributed by atoms with Crippen molar-refractivity contribution in [2.45, 2.75) is 12.5 Å². The Hall–Kier alpha value is -1.74. The predicted octanol–water partition coefficient (Wildman–Crippen LogP) is 2.07. The van der Waals surface area contributed by atoms with Gasteiger partial charge in [0.05, 0.1) is 5.69 Å². The van der Waals surface area contributed by atoms with Crippen LogP contribution in [0, 0.1) is 6.07 Å². The van der Waals surface area contributed by atoms with Crippen LogP contribution in [0.5, 0.6) is 0 Å². The average molecular weight is 212 g/mol. The van der Waals surface area contributed by atoms with Crippen LogP contribution in [0.4, 0.5) is 0 Å². The minimum Gasteiger partial charge on any atom is -0.364 e. The number of pyridine rings is 1. The Labute approximate surface area is 93.1 Å². The van der Waals surface area contributed by atoms with Crippen LogP contribution in [-0.2, 0) is 9.53 Å². The molecule has 1 saturated heterocycles. The number of benzene rings is 1. The van der Waals surface area contributed by atoms with Crippen LogP contribution in [0.3, 0.4) is 0 Å². The lowest BCUT2D eigenvalue weighted by molar-refractivity contribution is -0.117. The first-order chi connectivity index (χ1) is 7.84. The van der Waals surface area contributed by atoms with E-state index in [1.165, 1.54) is 0 Å². The minimum atomic E-state index is -0.188. The van der Waals surface area contributed by atoms with Gasteiger partial charge >= 0.3 is 0 Å². The van der Waals surface area contributed by atoms with Crippen LogP contribution >= 0.6 is 0 Å². The van der Waals surface area contributed by atoms with Crippen molar-refractivity contribution >= 4 is 16.6 Å². The molecule has 0 aliphatic carbocycles. The first kappa shape index (κ1) is 9.48. The summed E-state index contributed by atoms with van der Waals surface area (Å²) in [5.74, 6) is 0.142. The molecule has 1 radical (unpaired) electrons. The summed E-state index contributed by atoms with van der Waals surface area (Å²) in [6, 6.07) is 11.0. The van der Waals surface area contributed by atoms with Crippen molar-refractivity contribution in [3.63, 3.8) is 0 Å². The Morgan fingerprint density at radius 1 is 1.38 bits per heavy atom. The van der Waals surface area contributed by atoms with Gasteiger partial charge in [-0.3, -0.25) is 9.78 Å². The van der Waals surface area contributed by atoms with Gasteiger partial charge in [0.2, 0.25) is 0 Å². The highest BCUT2D eigenvalue weighted by Crippen LogP contribution is 2.30. The number of carbonyl (C=O) groups excluding carboxylic acids is 1. The van der Waals surface area contributed by atoms with Crippen molar-refractivity contribution in [2.24, 2.45) is 0 Å². The van der Waals surface area contributed by atoms with Crippen molar-refractivity contribution in [3.8, 4) is 0 Å². The number of ketones is 1. The molecule has 0 spiro atoms. The molecular weight excluding hydrogens is 202 g/mol. The Kier molecular flexibility index (Phi) is 2.18. The molecule has 3 nitrogen and oxygen atoms in total. The summed E-state index contributed by atoms with van der Waals surface area (Å²) < 4.78 is 5.43. The van der Waals surface area contributed by atoms with E-state index in [0.717, 1.165) is 16.5 Å². The number of nitrogens with zero attached hydrogens (tertiary/aromatic N) is 1. The number of aromatic nitrogens is 1. The van der Waals surface area contributed by atoms with Gasteiger partial charge in [0.1, 0.15) is 12.7 Å². The van der Waals surface area contributed by atoms with Gasteiger partial charge in [-0.1, -0.05) is 24.3 Å². The van der Waals surface area contributed by atoms with Crippen molar-refractivity contribution in [1.82, 2.24) is 4.98 Å². The third kappa shape index (κ3) is 1.49. The van der Waals surface area contributed by atoms with E-state index < -0.39 is 0 Å². The minimum absolute atomic E-state index is 0.142. The number of carbonyl (C=O) groups is 1. The third-order valence-electron chi connectivity index (χ3n) is 2.79. The molecule has 1 aliphatic heterocycles. The van der Waals surface area contributed by atoms with E-state index in [1.807, 2.05) is 24.3 Å². The monoisotopic (exact) mass is 212 g/mol. The van der Waals surface area contributed by atoms with E-state index >= 15 is 0 Å². The molecule has 2 aromatic rings. The molecular formula is C13H10NO2. The lowest BCUT2D eigenvalue weighted by atomic mass is 10.0. The maximum Gasteiger partial charge on any atom is 0.161 e. The van der Waals surface area contributed by atoms with E-state index in [4.69, 9.17) is 4.74 Å². The Bertz CT molecular complexity index is 545. The molecule has 3 heteroatoms. The first-order valence-corrected chi connectivity index (χ1v) is 5.23. The lowest BCUT2D eigenvalue weighted by Gasteiger charge is -2.10. The SMILES string of the molecule is O=C1COC(c2nc[c]c3ccccc23)C1. The highest BCUT2D eigenvalue weighted by molar-refractivity contribution is 5.86. The molecule has 1 aliphatic rings. The zero-order valence-electron chi connectivity index (χ0n) is 8.64. The topological polar surface area (TPSA) is 39.2 Å². The summed E-state index contributed by atoms with van der Waals surface area (Å²) >= 11 is 0. The number of Topliss-reactive ketones (excluding diaryl/α,β-unsaturated/α-hetero) is 1. The highest BCUT2D eigenvalue weighted by Gasteiger charge is 2.26. The number of ether oxygens (including phenoxy) is 1. The largest absolute Gasteiger partial charge is 0.364 e. The molecule has 2 heterocycles. The second-order valence-corrected chi connectivity index (χ2v) is 3.88. The molecule has 0 amide bonds. The molecule has 79 valence electrons. The second kappa shape index (κ2) is 3.68. The van der Waals surface area contributed by atoms with Crippen molar-refractivity contribution in [3.05, 3.63) is 42.2 Å². The molecule has 1 aromatic carbocycles. The smallest absolute Gasteiger partial charge is 0.161 e. The van der Waals surface area contributed by atoms with Crippen molar-refractivity contribution < 1.29 is 9.53 Å². The molecule has 3 rings (SSSR count). The zero-order chi connectivity index (χ0) is 11.0. The lowest BCUT2D eigenvalue weighted by Crippen LogP contribution is -2.00. The molecule has 1 unspecified atom stereocenters. The van der Waals surface area contributed by atoms with E-state index in [2.05, 4.69) is 11.1 Å². The van der Waals surface area contributed by atoms with Gasteiger partial charge in [-0.25, -0.2) is 0 Å². The molecule has 0 N–H and O–H groups in total. The molecule has 0 bridgehead atoms. The van der Waals surface area contributed by atoms with Gasteiger partial charge in [0.25, 0.3) is 0 Å². The number of rotatable bonds is 1. The summed E-state index contributed by atoms with van der Waals surface area (Å²) in [4.78, 5) is 15.5. The maximum absolute atomic E-state index is 11.2. The summed E-state index contributed by atoms with van der Waals surface area (Å²) in [5.41, 5.74) is 0.847. The first-order valence-electron chi connectivity index (χ1n) is 5.23. The number of hydrogen-bond acceptors (Lipinski definition) is 3. The third-order valence-corrected chi connectivity index (χ3v) is 2.79. The van der Waals surface area contributed by atoms with Gasteiger partial charge in [0.15, 0.2) is 5.78 Å². The number of hydrogen-bond donors (Lipinski definition) is 0. The molecule has 16 heavy (non-hydrogen) atoms. The number of fused-ring (bicyclic) bond motifs is 1. The van der Waals surface area contributed by atoms with Crippen LogP contribution in [0.2, 0.25) is 0 Å². The summed E-state index contributed by atoms with van der Waals surface area (Å²) in [6.45, 7) is 0.208.